The van der Waals surface area contributed by atoms with E-state index in [9.17, 15) is 20.0 Å². The van der Waals surface area contributed by atoms with Crippen LogP contribution < -0.4 is 0 Å². The summed E-state index contributed by atoms with van der Waals surface area (Å²) in [5.41, 5.74) is 1.05. The number of rotatable bonds is 5. The van der Waals surface area contributed by atoms with Crippen molar-refractivity contribution in [2.75, 3.05) is 0 Å². The highest BCUT2D eigenvalue weighted by Crippen LogP contribution is 2.34. The Morgan fingerprint density at radius 1 is 1.47 bits per heavy atom. The second-order valence-corrected chi connectivity index (χ2v) is 5.79. The summed E-state index contributed by atoms with van der Waals surface area (Å²) in [5, 5.41) is 20.1. The summed E-state index contributed by atoms with van der Waals surface area (Å²) in [4.78, 5) is 21.7. The molecule has 0 radical (unpaired) electrons. The fourth-order valence-corrected chi connectivity index (χ4v) is 2.60. The minimum atomic E-state index is -0.914. The van der Waals surface area contributed by atoms with Crippen LogP contribution in [0.4, 0.5) is 5.69 Å². The standard InChI is InChI=1S/C13H16BrNO4/c1-7(2)4-10(13(16)17)9-5-8(3)12(15(18)19)6-11(9)14/h5-7,10H,4H2,1-3H3,(H,16,17). The van der Waals surface area contributed by atoms with E-state index in [0.717, 1.165) is 0 Å². The molecule has 0 amide bonds. The summed E-state index contributed by atoms with van der Waals surface area (Å²) in [5.74, 6) is -1.35. The fraction of sp³-hybridized carbons (Fsp3) is 0.462. The third-order valence-electron chi connectivity index (χ3n) is 2.89. The SMILES string of the molecule is Cc1cc(C(CC(C)C)C(=O)O)c(Br)cc1[N+](=O)[O-]. The number of nitro groups is 1. The molecule has 0 fully saturated rings. The lowest BCUT2D eigenvalue weighted by Crippen LogP contribution is -2.15. The molecule has 19 heavy (non-hydrogen) atoms. The number of hydrogen-bond donors (Lipinski definition) is 1. The molecule has 6 heteroatoms. The van der Waals surface area contributed by atoms with E-state index in [2.05, 4.69) is 15.9 Å². The van der Waals surface area contributed by atoms with Crippen LogP contribution in [0.5, 0.6) is 0 Å². The number of benzene rings is 1. The molecule has 104 valence electrons. The third-order valence-corrected chi connectivity index (χ3v) is 3.58. The average Bonchev–Trinajstić information content (AvgIpc) is 2.27. The van der Waals surface area contributed by atoms with Crippen LogP contribution >= 0.6 is 15.9 Å². The van der Waals surface area contributed by atoms with Crippen molar-refractivity contribution in [1.82, 2.24) is 0 Å². The highest BCUT2D eigenvalue weighted by atomic mass is 79.9. The normalized spacial score (nSPS) is 12.5. The van der Waals surface area contributed by atoms with Crippen molar-refractivity contribution in [2.45, 2.75) is 33.1 Å². The van der Waals surface area contributed by atoms with Gasteiger partial charge in [-0.1, -0.05) is 29.8 Å². The average molecular weight is 330 g/mol. The lowest BCUT2D eigenvalue weighted by atomic mass is 9.89. The minimum absolute atomic E-state index is 0.00990. The second-order valence-electron chi connectivity index (χ2n) is 4.94. The van der Waals surface area contributed by atoms with Gasteiger partial charge in [0.15, 0.2) is 0 Å². The van der Waals surface area contributed by atoms with Crippen molar-refractivity contribution in [2.24, 2.45) is 5.92 Å². The number of nitrogens with zero attached hydrogens (tertiary/aromatic N) is 1. The monoisotopic (exact) mass is 329 g/mol. The van der Waals surface area contributed by atoms with Crippen molar-refractivity contribution in [3.8, 4) is 0 Å². The highest BCUT2D eigenvalue weighted by Gasteiger charge is 2.25. The maximum Gasteiger partial charge on any atom is 0.311 e. The molecule has 0 aromatic heterocycles. The van der Waals surface area contributed by atoms with Crippen LogP contribution in [0.15, 0.2) is 16.6 Å². The number of hydrogen-bond acceptors (Lipinski definition) is 3. The van der Waals surface area contributed by atoms with E-state index in [1.807, 2.05) is 13.8 Å². The minimum Gasteiger partial charge on any atom is -0.481 e. The van der Waals surface area contributed by atoms with Crippen LogP contribution in [0.25, 0.3) is 0 Å². The molecule has 0 aliphatic carbocycles. The number of halogens is 1. The number of aliphatic carboxylic acids is 1. The molecular weight excluding hydrogens is 314 g/mol. The Morgan fingerprint density at radius 3 is 2.47 bits per heavy atom. The van der Waals surface area contributed by atoms with Crippen LogP contribution in [-0.4, -0.2) is 16.0 Å². The number of nitro benzene ring substituents is 1. The van der Waals surface area contributed by atoms with Gasteiger partial charge in [0, 0.05) is 16.1 Å². The van der Waals surface area contributed by atoms with Gasteiger partial charge in [0.05, 0.1) is 10.8 Å². The molecular formula is C13H16BrNO4. The first-order valence-electron chi connectivity index (χ1n) is 5.91. The first-order chi connectivity index (χ1) is 8.73. The first-order valence-corrected chi connectivity index (χ1v) is 6.70. The Bertz CT molecular complexity index is 514. The number of aryl methyl sites for hydroxylation is 1. The van der Waals surface area contributed by atoms with E-state index in [-0.39, 0.29) is 11.6 Å². The van der Waals surface area contributed by atoms with Crippen molar-refractivity contribution < 1.29 is 14.8 Å². The van der Waals surface area contributed by atoms with Gasteiger partial charge in [-0.2, -0.15) is 0 Å². The van der Waals surface area contributed by atoms with Gasteiger partial charge in [-0.3, -0.25) is 14.9 Å². The topological polar surface area (TPSA) is 80.4 Å². The van der Waals surface area contributed by atoms with Gasteiger partial charge in [-0.05, 0) is 30.9 Å². The van der Waals surface area contributed by atoms with Crippen molar-refractivity contribution >= 4 is 27.6 Å². The molecule has 1 unspecified atom stereocenters. The summed E-state index contributed by atoms with van der Waals surface area (Å²) >= 11 is 3.24. The van der Waals surface area contributed by atoms with E-state index in [1.54, 1.807) is 13.0 Å². The van der Waals surface area contributed by atoms with Gasteiger partial charge in [-0.25, -0.2) is 0 Å². The predicted molar refractivity (Wildman–Crippen MR) is 75.4 cm³/mol. The number of carboxylic acids is 1. The molecule has 0 saturated carbocycles. The lowest BCUT2D eigenvalue weighted by Gasteiger charge is -2.17. The molecule has 1 atom stereocenters. The van der Waals surface area contributed by atoms with Crippen LogP contribution in [0.3, 0.4) is 0 Å². The van der Waals surface area contributed by atoms with Crippen LogP contribution in [-0.2, 0) is 4.79 Å². The number of carboxylic acid groups (broad SMARTS) is 1. The van der Waals surface area contributed by atoms with E-state index in [1.165, 1.54) is 6.07 Å². The molecule has 0 heterocycles. The lowest BCUT2D eigenvalue weighted by molar-refractivity contribution is -0.385. The van der Waals surface area contributed by atoms with E-state index in [4.69, 9.17) is 0 Å². The molecule has 0 spiro atoms. The van der Waals surface area contributed by atoms with Crippen LogP contribution in [0.2, 0.25) is 0 Å². The van der Waals surface area contributed by atoms with Crippen molar-refractivity contribution in [3.05, 3.63) is 37.8 Å². The molecule has 0 aliphatic rings. The Hall–Kier alpha value is -1.43. The van der Waals surface area contributed by atoms with E-state index < -0.39 is 16.8 Å². The number of carbonyl (C=O) groups is 1. The molecule has 0 aliphatic heterocycles. The largest absolute Gasteiger partial charge is 0.481 e. The Balaban J connectivity index is 3.29. The van der Waals surface area contributed by atoms with Crippen molar-refractivity contribution in [3.63, 3.8) is 0 Å². The van der Waals surface area contributed by atoms with Gasteiger partial charge in [0.25, 0.3) is 5.69 Å². The molecule has 0 bridgehead atoms. The summed E-state index contributed by atoms with van der Waals surface area (Å²) < 4.78 is 0.470. The molecule has 1 aromatic rings. The van der Waals surface area contributed by atoms with Gasteiger partial charge in [-0.15, -0.1) is 0 Å². The smallest absolute Gasteiger partial charge is 0.311 e. The molecule has 1 aromatic carbocycles. The predicted octanol–water partition coefficient (Wildman–Crippen LogP) is 3.88. The summed E-state index contributed by atoms with van der Waals surface area (Å²) in [7, 11) is 0. The van der Waals surface area contributed by atoms with Crippen LogP contribution in [0.1, 0.15) is 37.3 Å². The first kappa shape index (κ1) is 15.6. The Morgan fingerprint density at radius 2 is 2.05 bits per heavy atom. The fourth-order valence-electron chi connectivity index (χ4n) is 1.99. The van der Waals surface area contributed by atoms with E-state index in [0.29, 0.717) is 22.0 Å². The van der Waals surface area contributed by atoms with Crippen molar-refractivity contribution in [1.29, 1.82) is 0 Å². The highest BCUT2D eigenvalue weighted by molar-refractivity contribution is 9.10. The van der Waals surface area contributed by atoms with Gasteiger partial charge in [0.1, 0.15) is 0 Å². The maximum absolute atomic E-state index is 11.4. The van der Waals surface area contributed by atoms with Gasteiger partial charge >= 0.3 is 5.97 Å². The zero-order valence-electron chi connectivity index (χ0n) is 11.0. The van der Waals surface area contributed by atoms with Gasteiger partial charge in [0.2, 0.25) is 0 Å². The van der Waals surface area contributed by atoms with Crippen LogP contribution in [0, 0.1) is 23.0 Å². The Kier molecular flexibility index (Phi) is 5.05. The zero-order valence-corrected chi connectivity index (χ0v) is 12.6. The summed E-state index contributed by atoms with van der Waals surface area (Å²) in [6.07, 6.45) is 0.491. The maximum atomic E-state index is 11.4. The third kappa shape index (κ3) is 3.76. The van der Waals surface area contributed by atoms with E-state index >= 15 is 0 Å². The Labute approximate surface area is 119 Å². The quantitative estimate of drug-likeness (QED) is 0.656. The summed E-state index contributed by atoms with van der Waals surface area (Å²) in [6.45, 7) is 5.51. The molecule has 1 rings (SSSR count). The zero-order chi connectivity index (χ0) is 14.7. The molecule has 0 saturated heterocycles. The second kappa shape index (κ2) is 6.14. The molecule has 1 N–H and O–H groups in total. The summed E-state index contributed by atoms with van der Waals surface area (Å²) in [6, 6.07) is 2.96. The molecule has 5 nitrogen and oxygen atoms in total. The van der Waals surface area contributed by atoms with Gasteiger partial charge < -0.3 is 5.11 Å².